The Morgan fingerprint density at radius 2 is 0.600 bits per heavy atom. The molecule has 70 heavy (non-hydrogen) atoms. The van der Waals surface area contributed by atoms with Gasteiger partial charge in [-0.1, -0.05) is 255 Å². The molecule has 1 atom stereocenters. The van der Waals surface area contributed by atoms with E-state index in [1.54, 1.807) is 0 Å². The molecule has 0 aromatic carbocycles. The Bertz CT molecular complexity index is 1200. The van der Waals surface area contributed by atoms with Crippen molar-refractivity contribution in [1.29, 1.82) is 0 Å². The minimum Gasteiger partial charge on any atom is -0.462 e. The molecule has 5 nitrogen and oxygen atoms in total. The molecule has 408 valence electrons. The number of hydrogen-bond acceptors (Lipinski definition) is 5. The highest BCUT2D eigenvalue weighted by Gasteiger charge is 2.17. The van der Waals surface area contributed by atoms with Crippen molar-refractivity contribution in [1.82, 2.24) is 0 Å². The average molecular weight is 980 g/mol. The smallest absolute Gasteiger partial charge is 0.306 e. The molecule has 0 N–H and O–H groups in total. The lowest BCUT2D eigenvalue weighted by atomic mass is 10.1. The molecular weight excluding hydrogens is 861 g/mol. The highest BCUT2D eigenvalue weighted by atomic mass is 16.6. The number of unbranched alkanes of at least 4 members (excludes halogenated alkanes) is 36. The minimum atomic E-state index is -0.545. The van der Waals surface area contributed by atoms with Crippen LogP contribution in [0.25, 0.3) is 0 Å². The van der Waals surface area contributed by atoms with Crippen LogP contribution < -0.4 is 0 Å². The molecule has 0 rings (SSSR count). The second-order valence-electron chi connectivity index (χ2n) is 20.6. The zero-order valence-corrected chi connectivity index (χ0v) is 47.0. The Morgan fingerprint density at radius 1 is 0.314 bits per heavy atom. The Kier molecular flexibility index (Phi) is 58.8. The van der Waals surface area contributed by atoms with E-state index in [4.69, 9.17) is 14.2 Å². The largest absolute Gasteiger partial charge is 0.462 e. The van der Waals surface area contributed by atoms with Crippen molar-refractivity contribution in [3.63, 3.8) is 0 Å². The third-order valence-corrected chi connectivity index (χ3v) is 13.5. The predicted octanol–water partition coefficient (Wildman–Crippen LogP) is 21.2. The highest BCUT2D eigenvalue weighted by Crippen LogP contribution is 2.16. The fourth-order valence-electron chi connectivity index (χ4n) is 8.86. The van der Waals surface area contributed by atoms with E-state index in [1.165, 1.54) is 231 Å². The maximum atomic E-state index is 12.9. The summed E-state index contributed by atoms with van der Waals surface area (Å²) in [7, 11) is 0. The van der Waals surface area contributed by atoms with Gasteiger partial charge in [0.1, 0.15) is 6.61 Å². The van der Waals surface area contributed by atoms with Gasteiger partial charge in [0, 0.05) is 19.4 Å². The number of rotatable bonds is 57. The summed E-state index contributed by atoms with van der Waals surface area (Å²) < 4.78 is 17.5. The third-order valence-electron chi connectivity index (χ3n) is 13.5. The van der Waals surface area contributed by atoms with Gasteiger partial charge in [-0.3, -0.25) is 9.59 Å². The zero-order chi connectivity index (χ0) is 50.6. The molecule has 0 fully saturated rings. The Labute approximate surface area is 436 Å². The van der Waals surface area contributed by atoms with Crippen LogP contribution in [0, 0.1) is 0 Å². The van der Waals surface area contributed by atoms with E-state index in [1.807, 2.05) is 0 Å². The van der Waals surface area contributed by atoms with Gasteiger partial charge in [0.05, 0.1) is 6.61 Å². The van der Waals surface area contributed by atoms with Crippen LogP contribution in [0.15, 0.2) is 60.8 Å². The van der Waals surface area contributed by atoms with Crippen LogP contribution in [0.3, 0.4) is 0 Å². The van der Waals surface area contributed by atoms with Crippen LogP contribution in [0.5, 0.6) is 0 Å². The third kappa shape index (κ3) is 58.2. The fourth-order valence-corrected chi connectivity index (χ4v) is 8.86. The van der Waals surface area contributed by atoms with E-state index in [9.17, 15) is 9.59 Å². The highest BCUT2D eigenvalue weighted by molar-refractivity contribution is 5.70. The predicted molar refractivity (Wildman–Crippen MR) is 307 cm³/mol. The first-order chi connectivity index (χ1) is 34.6. The first-order valence-corrected chi connectivity index (χ1v) is 30.8. The number of ether oxygens (including phenoxy) is 3. The minimum absolute atomic E-state index is 0.0801. The summed E-state index contributed by atoms with van der Waals surface area (Å²) in [5.41, 5.74) is 0. The molecular formula is C65H118O5. The van der Waals surface area contributed by atoms with Gasteiger partial charge in [-0.2, -0.15) is 0 Å². The van der Waals surface area contributed by atoms with E-state index in [0.29, 0.717) is 19.4 Å². The molecule has 0 aliphatic rings. The van der Waals surface area contributed by atoms with Gasteiger partial charge in [0.15, 0.2) is 6.10 Å². The van der Waals surface area contributed by atoms with Gasteiger partial charge in [0.25, 0.3) is 0 Å². The van der Waals surface area contributed by atoms with Gasteiger partial charge in [-0.25, -0.2) is 0 Å². The standard InChI is InChI=1S/C65H118O5/c1-4-7-10-13-16-19-22-25-28-31-33-35-37-40-43-46-49-52-55-58-64(66)69-62-63(61-68-60-57-54-51-48-45-42-39-30-27-24-21-18-15-12-9-6-3)70-65(67)59-56-53-50-47-44-41-38-36-34-32-29-26-23-20-17-14-11-8-5-2/h16-17,19-20,25-30,63H,4-15,18,21-24,31-62H2,1-3H3/b19-16-,20-17-,28-25-,29-26-,30-27-. The normalized spacial score (nSPS) is 12.6. The maximum absolute atomic E-state index is 12.9. The quantitative estimate of drug-likeness (QED) is 0.0345. The maximum Gasteiger partial charge on any atom is 0.306 e. The topological polar surface area (TPSA) is 61.8 Å². The van der Waals surface area contributed by atoms with Crippen molar-refractivity contribution in [2.24, 2.45) is 0 Å². The Morgan fingerprint density at radius 3 is 0.986 bits per heavy atom. The van der Waals surface area contributed by atoms with Gasteiger partial charge in [-0.15, -0.1) is 0 Å². The zero-order valence-electron chi connectivity index (χ0n) is 47.0. The SMILES string of the molecule is CCCCC/C=C\C/C=C\CCCCCCCCCCCC(=O)OCC(COCCCCCCCC/C=C\CCCCCCCC)OC(=O)CCCCCCCCCCC/C=C\C/C=C\CCCCC. The number of hydrogen-bond donors (Lipinski definition) is 0. The average Bonchev–Trinajstić information content (AvgIpc) is 3.36. The number of carbonyl (C=O) groups excluding carboxylic acids is 2. The number of carbonyl (C=O) groups is 2. The molecule has 0 aromatic rings. The molecule has 0 radical (unpaired) electrons. The molecule has 0 spiro atoms. The van der Waals surface area contributed by atoms with Crippen LogP contribution in [0.4, 0.5) is 0 Å². The molecule has 5 heteroatoms. The molecule has 0 heterocycles. The summed E-state index contributed by atoms with van der Waals surface area (Å²) in [5, 5.41) is 0. The van der Waals surface area contributed by atoms with Crippen LogP contribution in [0.1, 0.15) is 316 Å². The van der Waals surface area contributed by atoms with Crippen molar-refractivity contribution >= 4 is 11.9 Å². The lowest BCUT2D eigenvalue weighted by Crippen LogP contribution is -2.30. The molecule has 0 bridgehead atoms. The Hall–Kier alpha value is -2.40. The molecule has 0 aliphatic heterocycles. The summed E-state index contributed by atoms with van der Waals surface area (Å²) in [6, 6.07) is 0. The summed E-state index contributed by atoms with van der Waals surface area (Å²) >= 11 is 0. The summed E-state index contributed by atoms with van der Waals surface area (Å²) in [6.45, 7) is 7.80. The molecule has 0 aliphatic carbocycles. The molecule has 0 saturated heterocycles. The summed E-state index contributed by atoms with van der Waals surface area (Å²) in [6.07, 6.45) is 78.1. The van der Waals surface area contributed by atoms with E-state index in [0.717, 1.165) is 51.4 Å². The second kappa shape index (κ2) is 60.9. The molecule has 0 saturated carbocycles. The van der Waals surface area contributed by atoms with E-state index < -0.39 is 6.10 Å². The van der Waals surface area contributed by atoms with E-state index >= 15 is 0 Å². The van der Waals surface area contributed by atoms with Crippen molar-refractivity contribution in [3.8, 4) is 0 Å². The Balaban J connectivity index is 4.27. The molecule has 1 unspecified atom stereocenters. The number of esters is 2. The van der Waals surface area contributed by atoms with Gasteiger partial charge < -0.3 is 14.2 Å². The van der Waals surface area contributed by atoms with Gasteiger partial charge in [0.2, 0.25) is 0 Å². The van der Waals surface area contributed by atoms with Crippen molar-refractivity contribution in [3.05, 3.63) is 60.8 Å². The van der Waals surface area contributed by atoms with Crippen LogP contribution >= 0.6 is 0 Å². The summed E-state index contributed by atoms with van der Waals surface area (Å²) in [5.74, 6) is -0.396. The molecule has 0 aromatic heterocycles. The fraction of sp³-hybridized carbons (Fsp3) is 0.815. The first-order valence-electron chi connectivity index (χ1n) is 30.8. The monoisotopic (exact) mass is 979 g/mol. The molecule has 0 amide bonds. The van der Waals surface area contributed by atoms with Crippen molar-refractivity contribution in [2.45, 2.75) is 322 Å². The second-order valence-corrected chi connectivity index (χ2v) is 20.6. The lowest BCUT2D eigenvalue weighted by molar-refractivity contribution is -0.163. The van der Waals surface area contributed by atoms with Crippen LogP contribution in [-0.4, -0.2) is 37.9 Å². The van der Waals surface area contributed by atoms with Crippen molar-refractivity contribution in [2.75, 3.05) is 19.8 Å². The van der Waals surface area contributed by atoms with Gasteiger partial charge in [-0.05, 0) is 109 Å². The summed E-state index contributed by atoms with van der Waals surface area (Å²) in [4.78, 5) is 25.6. The van der Waals surface area contributed by atoms with Crippen LogP contribution in [0.2, 0.25) is 0 Å². The van der Waals surface area contributed by atoms with Gasteiger partial charge >= 0.3 is 11.9 Å². The first kappa shape index (κ1) is 67.6. The van der Waals surface area contributed by atoms with E-state index in [-0.39, 0.29) is 25.2 Å². The van der Waals surface area contributed by atoms with Crippen molar-refractivity contribution < 1.29 is 23.8 Å². The number of allylic oxidation sites excluding steroid dienone is 10. The van der Waals surface area contributed by atoms with E-state index in [2.05, 4.69) is 81.5 Å². The lowest BCUT2D eigenvalue weighted by Gasteiger charge is -2.18. The van der Waals surface area contributed by atoms with Crippen LogP contribution in [-0.2, 0) is 23.8 Å².